The molecule has 0 atom stereocenters. The molecule has 108 valence electrons. The molecule has 2 aromatic carbocycles. The standard InChI is InChI=1S/C17H18N2O2/c1-2-13-8-10-14(11-9-13)12-18-16(20)17(21)19-15-6-4-3-5-7-15/h3-11H,2,12H2,1H3,(H,18,20)(H,19,21). The second-order valence-electron chi connectivity index (χ2n) is 4.67. The summed E-state index contributed by atoms with van der Waals surface area (Å²) in [5, 5.41) is 5.15. The molecule has 21 heavy (non-hydrogen) atoms. The highest BCUT2D eigenvalue weighted by Crippen LogP contribution is 2.06. The Bertz CT molecular complexity index is 606. The van der Waals surface area contributed by atoms with Crippen LogP contribution in [-0.4, -0.2) is 11.8 Å². The average Bonchev–Trinajstić information content (AvgIpc) is 2.54. The number of benzene rings is 2. The first-order chi connectivity index (χ1) is 10.2. The van der Waals surface area contributed by atoms with Crippen molar-refractivity contribution in [2.45, 2.75) is 19.9 Å². The van der Waals surface area contributed by atoms with Gasteiger partial charge in [-0.15, -0.1) is 0 Å². The molecule has 0 unspecified atom stereocenters. The fourth-order valence-corrected chi connectivity index (χ4v) is 1.86. The number of amides is 2. The van der Waals surface area contributed by atoms with E-state index in [0.29, 0.717) is 12.2 Å². The smallest absolute Gasteiger partial charge is 0.313 e. The van der Waals surface area contributed by atoms with Gasteiger partial charge in [0.15, 0.2) is 0 Å². The summed E-state index contributed by atoms with van der Waals surface area (Å²) in [6, 6.07) is 16.8. The number of anilines is 1. The minimum absolute atomic E-state index is 0.338. The van der Waals surface area contributed by atoms with Crippen molar-refractivity contribution in [1.29, 1.82) is 0 Å². The van der Waals surface area contributed by atoms with Crippen LogP contribution in [0.15, 0.2) is 54.6 Å². The van der Waals surface area contributed by atoms with Crippen molar-refractivity contribution in [2.75, 3.05) is 5.32 Å². The van der Waals surface area contributed by atoms with Gasteiger partial charge in [0.05, 0.1) is 0 Å². The number of para-hydroxylation sites is 1. The van der Waals surface area contributed by atoms with E-state index < -0.39 is 11.8 Å². The molecule has 2 amide bonds. The van der Waals surface area contributed by atoms with Gasteiger partial charge >= 0.3 is 11.8 Å². The second-order valence-corrected chi connectivity index (χ2v) is 4.67. The first-order valence-electron chi connectivity index (χ1n) is 6.91. The maximum absolute atomic E-state index is 11.7. The molecule has 0 bridgehead atoms. The van der Waals surface area contributed by atoms with E-state index in [1.165, 1.54) is 5.56 Å². The summed E-state index contributed by atoms with van der Waals surface area (Å²) < 4.78 is 0. The van der Waals surface area contributed by atoms with Crippen LogP contribution < -0.4 is 10.6 Å². The molecule has 0 saturated heterocycles. The van der Waals surface area contributed by atoms with E-state index in [4.69, 9.17) is 0 Å². The Morgan fingerprint density at radius 3 is 2.10 bits per heavy atom. The minimum Gasteiger partial charge on any atom is -0.344 e. The molecule has 0 spiro atoms. The van der Waals surface area contributed by atoms with E-state index in [0.717, 1.165) is 12.0 Å². The molecule has 0 aliphatic heterocycles. The second kappa shape index (κ2) is 7.24. The number of nitrogens with one attached hydrogen (secondary N) is 2. The summed E-state index contributed by atoms with van der Waals surface area (Å²) in [5.41, 5.74) is 2.81. The van der Waals surface area contributed by atoms with Crippen LogP contribution in [0.25, 0.3) is 0 Å². The van der Waals surface area contributed by atoms with Crippen LogP contribution in [0.5, 0.6) is 0 Å². The highest BCUT2D eigenvalue weighted by molar-refractivity contribution is 6.39. The van der Waals surface area contributed by atoms with Crippen molar-refractivity contribution in [1.82, 2.24) is 5.32 Å². The fourth-order valence-electron chi connectivity index (χ4n) is 1.86. The lowest BCUT2D eigenvalue weighted by Crippen LogP contribution is -2.34. The zero-order valence-corrected chi connectivity index (χ0v) is 11.9. The van der Waals surface area contributed by atoms with Gasteiger partial charge in [-0.2, -0.15) is 0 Å². The number of hydrogen-bond donors (Lipinski definition) is 2. The summed E-state index contributed by atoms with van der Waals surface area (Å²) >= 11 is 0. The van der Waals surface area contributed by atoms with Crippen LogP contribution in [0.2, 0.25) is 0 Å². The van der Waals surface area contributed by atoms with Crippen LogP contribution in [0.3, 0.4) is 0 Å². The molecule has 0 aromatic heterocycles. The Hall–Kier alpha value is -2.62. The van der Waals surface area contributed by atoms with Gasteiger partial charge in [-0.1, -0.05) is 49.4 Å². The molecule has 0 aliphatic rings. The Morgan fingerprint density at radius 1 is 0.857 bits per heavy atom. The van der Waals surface area contributed by atoms with Gasteiger partial charge in [-0.25, -0.2) is 0 Å². The molecular weight excluding hydrogens is 264 g/mol. The van der Waals surface area contributed by atoms with Gasteiger partial charge in [0.2, 0.25) is 0 Å². The predicted molar refractivity (Wildman–Crippen MR) is 82.7 cm³/mol. The molecule has 0 saturated carbocycles. The average molecular weight is 282 g/mol. The summed E-state index contributed by atoms with van der Waals surface area (Å²) in [4.78, 5) is 23.4. The molecule has 0 heterocycles. The molecule has 0 radical (unpaired) electrons. The Morgan fingerprint density at radius 2 is 1.48 bits per heavy atom. The predicted octanol–water partition coefficient (Wildman–Crippen LogP) is 2.50. The molecule has 2 rings (SSSR count). The highest BCUT2D eigenvalue weighted by Gasteiger charge is 2.12. The number of rotatable bonds is 4. The van der Waals surface area contributed by atoms with E-state index in [1.54, 1.807) is 24.3 Å². The van der Waals surface area contributed by atoms with Crippen molar-refractivity contribution in [2.24, 2.45) is 0 Å². The van der Waals surface area contributed by atoms with Crippen molar-refractivity contribution in [3.8, 4) is 0 Å². The maximum Gasteiger partial charge on any atom is 0.313 e. The Balaban J connectivity index is 1.84. The molecular formula is C17H18N2O2. The molecule has 0 aliphatic carbocycles. The fraction of sp³-hybridized carbons (Fsp3) is 0.176. The third kappa shape index (κ3) is 4.45. The number of carbonyl (C=O) groups is 2. The SMILES string of the molecule is CCc1ccc(CNC(=O)C(=O)Nc2ccccc2)cc1. The maximum atomic E-state index is 11.7. The Labute approximate surface area is 124 Å². The number of aryl methyl sites for hydroxylation is 1. The largest absolute Gasteiger partial charge is 0.344 e. The lowest BCUT2D eigenvalue weighted by atomic mass is 10.1. The van der Waals surface area contributed by atoms with Gasteiger partial charge < -0.3 is 10.6 Å². The number of hydrogen-bond acceptors (Lipinski definition) is 2. The first kappa shape index (κ1) is 14.8. The van der Waals surface area contributed by atoms with Crippen LogP contribution in [-0.2, 0) is 22.6 Å². The summed E-state index contributed by atoms with van der Waals surface area (Å²) in [6.45, 7) is 2.43. The molecule has 0 fully saturated rings. The van der Waals surface area contributed by atoms with E-state index in [2.05, 4.69) is 17.6 Å². The van der Waals surface area contributed by atoms with E-state index in [-0.39, 0.29) is 0 Å². The lowest BCUT2D eigenvalue weighted by Gasteiger charge is -2.07. The quantitative estimate of drug-likeness (QED) is 0.847. The van der Waals surface area contributed by atoms with Crippen molar-refractivity contribution in [3.05, 3.63) is 65.7 Å². The molecule has 2 aromatic rings. The van der Waals surface area contributed by atoms with Crippen molar-refractivity contribution in [3.63, 3.8) is 0 Å². The van der Waals surface area contributed by atoms with Gasteiger partial charge in [0.25, 0.3) is 0 Å². The summed E-state index contributed by atoms with van der Waals surface area (Å²) in [5.74, 6) is -1.30. The van der Waals surface area contributed by atoms with Crippen molar-refractivity contribution < 1.29 is 9.59 Å². The third-order valence-electron chi connectivity index (χ3n) is 3.12. The van der Waals surface area contributed by atoms with Crippen LogP contribution in [0.1, 0.15) is 18.1 Å². The normalized spacial score (nSPS) is 9.95. The van der Waals surface area contributed by atoms with Crippen LogP contribution in [0.4, 0.5) is 5.69 Å². The highest BCUT2D eigenvalue weighted by atomic mass is 16.2. The number of carbonyl (C=O) groups excluding carboxylic acids is 2. The molecule has 4 heteroatoms. The minimum atomic E-state index is -0.661. The van der Waals surface area contributed by atoms with Crippen molar-refractivity contribution >= 4 is 17.5 Å². The van der Waals surface area contributed by atoms with E-state index >= 15 is 0 Å². The van der Waals surface area contributed by atoms with Gasteiger partial charge in [-0.3, -0.25) is 9.59 Å². The summed E-state index contributed by atoms with van der Waals surface area (Å²) in [7, 11) is 0. The Kier molecular flexibility index (Phi) is 5.10. The van der Waals surface area contributed by atoms with E-state index in [1.807, 2.05) is 30.3 Å². The van der Waals surface area contributed by atoms with Gasteiger partial charge in [0.1, 0.15) is 0 Å². The third-order valence-corrected chi connectivity index (χ3v) is 3.12. The molecule has 4 nitrogen and oxygen atoms in total. The van der Waals surface area contributed by atoms with E-state index in [9.17, 15) is 9.59 Å². The first-order valence-corrected chi connectivity index (χ1v) is 6.91. The van der Waals surface area contributed by atoms with Crippen LogP contribution in [0, 0.1) is 0 Å². The topological polar surface area (TPSA) is 58.2 Å². The zero-order chi connectivity index (χ0) is 15.1. The summed E-state index contributed by atoms with van der Waals surface area (Å²) in [6.07, 6.45) is 0.978. The zero-order valence-electron chi connectivity index (χ0n) is 11.9. The van der Waals surface area contributed by atoms with Gasteiger partial charge in [-0.05, 0) is 29.7 Å². The molecule has 2 N–H and O–H groups in total. The monoisotopic (exact) mass is 282 g/mol. The van der Waals surface area contributed by atoms with Gasteiger partial charge in [0, 0.05) is 12.2 Å². The van der Waals surface area contributed by atoms with Crippen LogP contribution >= 0.6 is 0 Å². The lowest BCUT2D eigenvalue weighted by molar-refractivity contribution is -0.136.